The lowest BCUT2D eigenvalue weighted by atomic mass is 9.77. The highest BCUT2D eigenvalue weighted by Gasteiger charge is 2.28. The highest BCUT2D eigenvalue weighted by molar-refractivity contribution is 5.86. The maximum atomic E-state index is 12.0. The topological polar surface area (TPSA) is 43.1 Å². The lowest BCUT2D eigenvalue weighted by Crippen LogP contribution is -2.37. The molecule has 0 aromatic carbocycles. The van der Waals surface area contributed by atoms with Gasteiger partial charge >= 0.3 is 0 Å². The number of nitrogens with two attached hydrogens (primary N) is 1. The van der Waals surface area contributed by atoms with Crippen LogP contribution < -0.4 is 5.73 Å². The summed E-state index contributed by atoms with van der Waals surface area (Å²) in [5.41, 5.74) is 5.82. The van der Waals surface area contributed by atoms with Crippen LogP contribution in [0.25, 0.3) is 0 Å². The van der Waals surface area contributed by atoms with E-state index in [-0.39, 0.29) is 17.7 Å². The number of ketones is 1. The van der Waals surface area contributed by atoms with Gasteiger partial charge in [0.1, 0.15) is 0 Å². The summed E-state index contributed by atoms with van der Waals surface area (Å²) in [6.07, 6.45) is 8.13. The maximum absolute atomic E-state index is 12.0. The van der Waals surface area contributed by atoms with Gasteiger partial charge in [0, 0.05) is 5.92 Å². The number of hydrogen-bond acceptors (Lipinski definition) is 2. The molecule has 15 heavy (non-hydrogen) atoms. The Morgan fingerprint density at radius 1 is 1.60 bits per heavy atom. The first-order chi connectivity index (χ1) is 7.19. The average molecular weight is 209 g/mol. The Morgan fingerprint density at radius 2 is 2.33 bits per heavy atom. The minimum absolute atomic E-state index is 0.221. The second-order valence-electron chi connectivity index (χ2n) is 4.67. The largest absolute Gasteiger partial charge is 0.321 e. The second kappa shape index (κ2) is 6.06. The fourth-order valence-corrected chi connectivity index (χ4v) is 2.52. The van der Waals surface area contributed by atoms with Crippen molar-refractivity contribution in [1.29, 1.82) is 0 Å². The van der Waals surface area contributed by atoms with E-state index in [0.29, 0.717) is 6.42 Å². The van der Waals surface area contributed by atoms with E-state index >= 15 is 0 Å². The van der Waals surface area contributed by atoms with Gasteiger partial charge in [-0.1, -0.05) is 32.3 Å². The zero-order valence-corrected chi connectivity index (χ0v) is 9.74. The molecule has 1 fully saturated rings. The van der Waals surface area contributed by atoms with Crippen molar-refractivity contribution >= 4 is 5.78 Å². The fraction of sp³-hybridized carbons (Fsp3) is 0.769. The van der Waals surface area contributed by atoms with Gasteiger partial charge < -0.3 is 5.73 Å². The van der Waals surface area contributed by atoms with Gasteiger partial charge in [0.25, 0.3) is 0 Å². The molecular formula is C13H23NO. The summed E-state index contributed by atoms with van der Waals surface area (Å²) in [5, 5.41) is 0. The quantitative estimate of drug-likeness (QED) is 0.707. The molecule has 0 aliphatic heterocycles. The molecule has 2 heteroatoms. The van der Waals surface area contributed by atoms with Crippen LogP contribution >= 0.6 is 0 Å². The maximum Gasteiger partial charge on any atom is 0.152 e. The lowest BCUT2D eigenvalue weighted by molar-refractivity contribution is -0.125. The van der Waals surface area contributed by atoms with E-state index in [1.54, 1.807) is 6.08 Å². The molecule has 1 saturated carbocycles. The molecule has 0 bridgehead atoms. The van der Waals surface area contributed by atoms with Crippen LogP contribution in [-0.4, -0.2) is 11.8 Å². The van der Waals surface area contributed by atoms with Crippen molar-refractivity contribution in [3.8, 4) is 0 Å². The number of rotatable bonds is 5. The fourth-order valence-electron chi connectivity index (χ4n) is 2.52. The Morgan fingerprint density at radius 3 is 2.93 bits per heavy atom. The molecule has 86 valence electrons. The second-order valence-corrected chi connectivity index (χ2v) is 4.67. The molecule has 1 aliphatic rings. The summed E-state index contributed by atoms with van der Waals surface area (Å²) in [7, 11) is 0. The molecule has 1 aliphatic carbocycles. The van der Waals surface area contributed by atoms with E-state index in [1.165, 1.54) is 19.3 Å². The normalized spacial score (nSPS) is 28.4. The van der Waals surface area contributed by atoms with Crippen molar-refractivity contribution in [2.75, 3.05) is 0 Å². The predicted molar refractivity (Wildman–Crippen MR) is 63.5 cm³/mol. The monoisotopic (exact) mass is 209 g/mol. The highest BCUT2D eigenvalue weighted by atomic mass is 16.1. The third kappa shape index (κ3) is 3.45. The van der Waals surface area contributed by atoms with Crippen LogP contribution in [0.1, 0.15) is 45.4 Å². The Kier molecular flexibility index (Phi) is 5.03. The summed E-state index contributed by atoms with van der Waals surface area (Å²) >= 11 is 0. The predicted octanol–water partition coefficient (Wildman–Crippen LogP) is 2.68. The van der Waals surface area contributed by atoms with Crippen molar-refractivity contribution in [3.63, 3.8) is 0 Å². The first-order valence-electron chi connectivity index (χ1n) is 6.09. The molecule has 0 amide bonds. The van der Waals surface area contributed by atoms with E-state index in [0.717, 1.165) is 18.8 Å². The van der Waals surface area contributed by atoms with Crippen LogP contribution in [0, 0.1) is 11.8 Å². The van der Waals surface area contributed by atoms with E-state index in [1.807, 2.05) is 0 Å². The molecular weight excluding hydrogens is 186 g/mol. The van der Waals surface area contributed by atoms with E-state index < -0.39 is 0 Å². The molecule has 2 nitrogen and oxygen atoms in total. The third-order valence-corrected chi connectivity index (χ3v) is 3.55. The zero-order chi connectivity index (χ0) is 11.3. The van der Waals surface area contributed by atoms with Crippen LogP contribution in [0.15, 0.2) is 12.7 Å². The first kappa shape index (κ1) is 12.4. The molecule has 1 rings (SSSR count). The molecule has 3 atom stereocenters. The van der Waals surface area contributed by atoms with Crippen molar-refractivity contribution in [1.82, 2.24) is 0 Å². The van der Waals surface area contributed by atoms with E-state index in [4.69, 9.17) is 5.73 Å². The van der Waals surface area contributed by atoms with Crippen molar-refractivity contribution < 1.29 is 4.79 Å². The van der Waals surface area contributed by atoms with Gasteiger partial charge in [-0.25, -0.2) is 0 Å². The van der Waals surface area contributed by atoms with Crippen molar-refractivity contribution in [2.24, 2.45) is 17.6 Å². The Bertz CT molecular complexity index is 225. The number of carbonyl (C=O) groups excluding carboxylic acids is 1. The van der Waals surface area contributed by atoms with Gasteiger partial charge in [-0.3, -0.25) is 4.79 Å². The van der Waals surface area contributed by atoms with Crippen molar-refractivity contribution in [2.45, 2.75) is 51.5 Å². The Labute approximate surface area is 92.9 Å². The van der Waals surface area contributed by atoms with Gasteiger partial charge in [0.15, 0.2) is 5.78 Å². The average Bonchev–Trinajstić information content (AvgIpc) is 2.28. The van der Waals surface area contributed by atoms with Gasteiger partial charge in [0.05, 0.1) is 6.04 Å². The molecule has 0 saturated heterocycles. The standard InChI is InChI=1S/C13H23NO/c1-3-6-12(14)13(15)11-8-5-7-10(4-2)9-11/h3,10-12H,1,4-9,14H2,2H3. The van der Waals surface area contributed by atoms with Gasteiger partial charge in [-0.2, -0.15) is 0 Å². The van der Waals surface area contributed by atoms with Crippen LogP contribution in [0.5, 0.6) is 0 Å². The molecule has 0 spiro atoms. The number of Topliss-reactive ketones (excluding diaryl/α,β-unsaturated/α-hetero) is 1. The number of hydrogen-bond donors (Lipinski definition) is 1. The molecule has 0 aromatic rings. The van der Waals surface area contributed by atoms with Gasteiger partial charge in [0.2, 0.25) is 0 Å². The Balaban J connectivity index is 2.47. The minimum atomic E-state index is -0.317. The first-order valence-corrected chi connectivity index (χ1v) is 6.09. The van der Waals surface area contributed by atoms with E-state index in [2.05, 4.69) is 13.5 Å². The third-order valence-electron chi connectivity index (χ3n) is 3.55. The molecule has 0 radical (unpaired) electrons. The summed E-state index contributed by atoms with van der Waals surface area (Å²) in [6, 6.07) is -0.317. The zero-order valence-electron chi connectivity index (χ0n) is 9.74. The summed E-state index contributed by atoms with van der Waals surface area (Å²) in [5.74, 6) is 1.22. The molecule has 2 N–H and O–H groups in total. The smallest absolute Gasteiger partial charge is 0.152 e. The van der Waals surface area contributed by atoms with Gasteiger partial charge in [-0.05, 0) is 25.2 Å². The molecule has 0 heterocycles. The highest BCUT2D eigenvalue weighted by Crippen LogP contribution is 2.32. The van der Waals surface area contributed by atoms with E-state index in [9.17, 15) is 4.79 Å². The van der Waals surface area contributed by atoms with Crippen LogP contribution in [0.3, 0.4) is 0 Å². The number of carbonyl (C=O) groups is 1. The summed E-state index contributed by atoms with van der Waals surface area (Å²) < 4.78 is 0. The van der Waals surface area contributed by atoms with Crippen LogP contribution in [0.4, 0.5) is 0 Å². The summed E-state index contributed by atoms with van der Waals surface area (Å²) in [6.45, 7) is 5.84. The lowest BCUT2D eigenvalue weighted by Gasteiger charge is -2.28. The van der Waals surface area contributed by atoms with Gasteiger partial charge in [-0.15, -0.1) is 6.58 Å². The summed E-state index contributed by atoms with van der Waals surface area (Å²) in [4.78, 5) is 12.0. The van der Waals surface area contributed by atoms with Crippen molar-refractivity contribution in [3.05, 3.63) is 12.7 Å². The van der Waals surface area contributed by atoms with Crippen LogP contribution in [-0.2, 0) is 4.79 Å². The molecule has 3 unspecified atom stereocenters. The van der Waals surface area contributed by atoms with Crippen LogP contribution in [0.2, 0.25) is 0 Å². The minimum Gasteiger partial charge on any atom is -0.321 e. The Hall–Kier alpha value is -0.630. The molecule has 0 aromatic heterocycles. The SMILES string of the molecule is C=CCC(N)C(=O)C1CCCC(CC)C1.